The maximum atomic E-state index is 13.7. The molecular weight excluding hydrogens is 515 g/mol. The Morgan fingerprint density at radius 1 is 1.08 bits per heavy atom. The standard InChI is InChI=1S/C30H31FN4O3S/c1-38-30(37)28(14-19-39-2)33-29(36)26-13-12-25(20-27(26)22-6-4-3-5-7-22)35(18-17-34-16-15-32-21-34)24-10-8-23(31)9-11-24/h3-13,15-16,20-21,28H,14,17-19H2,1-2H3,(H,33,36). The second-order valence-corrected chi connectivity index (χ2v) is 9.84. The number of methoxy groups -OCH3 is 1. The number of hydrogen-bond acceptors (Lipinski definition) is 6. The fraction of sp³-hybridized carbons (Fsp3) is 0.233. The van der Waals surface area contributed by atoms with Gasteiger partial charge in [-0.15, -0.1) is 0 Å². The molecule has 9 heteroatoms. The summed E-state index contributed by atoms with van der Waals surface area (Å²) in [5.74, 6) is -0.443. The zero-order valence-electron chi connectivity index (χ0n) is 21.9. The van der Waals surface area contributed by atoms with E-state index in [9.17, 15) is 14.0 Å². The molecule has 0 saturated carbocycles. The van der Waals surface area contributed by atoms with Crippen molar-refractivity contribution in [3.63, 3.8) is 0 Å². The Hall–Kier alpha value is -4.11. The number of thioether (sulfide) groups is 1. The fourth-order valence-electron chi connectivity index (χ4n) is 4.28. The average molecular weight is 547 g/mol. The van der Waals surface area contributed by atoms with Gasteiger partial charge in [0, 0.05) is 42.4 Å². The number of hydrogen-bond donors (Lipinski definition) is 1. The first kappa shape index (κ1) is 27.9. The van der Waals surface area contributed by atoms with E-state index in [-0.39, 0.29) is 11.7 Å². The monoisotopic (exact) mass is 546 g/mol. The molecule has 4 aromatic rings. The lowest BCUT2D eigenvalue weighted by Gasteiger charge is -2.27. The zero-order valence-corrected chi connectivity index (χ0v) is 22.7. The lowest BCUT2D eigenvalue weighted by atomic mass is 9.97. The van der Waals surface area contributed by atoms with E-state index in [1.54, 1.807) is 42.5 Å². The maximum Gasteiger partial charge on any atom is 0.328 e. The van der Waals surface area contributed by atoms with E-state index < -0.39 is 12.0 Å². The summed E-state index contributed by atoms with van der Waals surface area (Å²) in [6.45, 7) is 1.23. The summed E-state index contributed by atoms with van der Waals surface area (Å²) in [6, 6.07) is 20.8. The van der Waals surface area contributed by atoms with Crippen molar-refractivity contribution in [3.05, 3.63) is 103 Å². The van der Waals surface area contributed by atoms with Crippen molar-refractivity contribution >= 4 is 35.0 Å². The highest BCUT2D eigenvalue weighted by Gasteiger charge is 2.24. The Morgan fingerprint density at radius 2 is 1.82 bits per heavy atom. The Balaban J connectivity index is 1.72. The van der Waals surface area contributed by atoms with Crippen LogP contribution in [-0.4, -0.2) is 53.1 Å². The fourth-order valence-corrected chi connectivity index (χ4v) is 4.75. The molecule has 1 N–H and O–H groups in total. The number of aromatic nitrogens is 2. The molecule has 7 nitrogen and oxygen atoms in total. The summed E-state index contributed by atoms with van der Waals surface area (Å²) in [7, 11) is 1.32. The van der Waals surface area contributed by atoms with E-state index in [0.717, 1.165) is 16.9 Å². The zero-order chi connectivity index (χ0) is 27.6. The molecule has 0 aliphatic carbocycles. The summed E-state index contributed by atoms with van der Waals surface area (Å²) in [5.41, 5.74) is 3.67. The highest BCUT2D eigenvalue weighted by molar-refractivity contribution is 7.98. The normalized spacial score (nSPS) is 11.6. The quantitative estimate of drug-likeness (QED) is 0.235. The van der Waals surface area contributed by atoms with Crippen molar-refractivity contribution in [1.29, 1.82) is 0 Å². The van der Waals surface area contributed by atoms with Crippen molar-refractivity contribution in [1.82, 2.24) is 14.9 Å². The third-order valence-electron chi connectivity index (χ3n) is 6.33. The van der Waals surface area contributed by atoms with Crippen molar-refractivity contribution in [3.8, 4) is 11.1 Å². The summed E-state index contributed by atoms with van der Waals surface area (Å²) in [5, 5.41) is 2.87. The lowest BCUT2D eigenvalue weighted by Crippen LogP contribution is -2.42. The van der Waals surface area contributed by atoms with Gasteiger partial charge in [0.25, 0.3) is 5.91 Å². The molecule has 0 aliphatic rings. The molecule has 1 amide bonds. The molecule has 1 atom stereocenters. The summed E-state index contributed by atoms with van der Waals surface area (Å²) >= 11 is 1.59. The predicted molar refractivity (Wildman–Crippen MR) is 154 cm³/mol. The molecule has 3 aromatic carbocycles. The largest absolute Gasteiger partial charge is 0.467 e. The van der Waals surface area contributed by atoms with Crippen molar-refractivity contribution < 1.29 is 18.7 Å². The Labute approximate surface area is 232 Å². The van der Waals surface area contributed by atoms with E-state index in [2.05, 4.69) is 15.2 Å². The predicted octanol–water partition coefficient (Wildman–Crippen LogP) is 5.55. The number of nitrogens with zero attached hydrogens (tertiary/aromatic N) is 3. The van der Waals surface area contributed by atoms with Crippen LogP contribution in [0.1, 0.15) is 16.8 Å². The van der Waals surface area contributed by atoms with Crippen molar-refractivity contribution in [2.24, 2.45) is 0 Å². The molecule has 0 bridgehead atoms. The second-order valence-electron chi connectivity index (χ2n) is 8.86. The number of imidazole rings is 1. The number of anilines is 2. The molecule has 0 saturated heterocycles. The number of benzene rings is 3. The molecular formula is C30H31FN4O3S. The van der Waals surface area contributed by atoms with Gasteiger partial charge >= 0.3 is 5.97 Å². The van der Waals surface area contributed by atoms with Crippen LogP contribution in [-0.2, 0) is 16.1 Å². The molecule has 0 spiro atoms. The molecule has 1 heterocycles. The van der Waals surface area contributed by atoms with Gasteiger partial charge in [0.15, 0.2) is 0 Å². The smallest absolute Gasteiger partial charge is 0.328 e. The van der Waals surface area contributed by atoms with Crippen LogP contribution in [0.5, 0.6) is 0 Å². The van der Waals surface area contributed by atoms with E-state index in [1.807, 2.05) is 59.5 Å². The van der Waals surface area contributed by atoms with E-state index in [0.29, 0.717) is 36.4 Å². The second kappa shape index (κ2) is 13.6. The number of halogens is 1. The van der Waals surface area contributed by atoms with Gasteiger partial charge in [-0.3, -0.25) is 4.79 Å². The van der Waals surface area contributed by atoms with Gasteiger partial charge < -0.3 is 19.5 Å². The minimum Gasteiger partial charge on any atom is -0.467 e. The summed E-state index contributed by atoms with van der Waals surface area (Å²) in [4.78, 5) is 32.0. The molecule has 0 radical (unpaired) electrons. The van der Waals surface area contributed by atoms with Gasteiger partial charge in [-0.05, 0) is 72.0 Å². The van der Waals surface area contributed by atoms with Gasteiger partial charge in [-0.1, -0.05) is 30.3 Å². The molecule has 0 aliphatic heterocycles. The number of carbonyl (C=O) groups excluding carboxylic acids is 2. The van der Waals surface area contributed by atoms with E-state index >= 15 is 0 Å². The minimum atomic E-state index is -0.746. The Morgan fingerprint density at radius 3 is 2.49 bits per heavy atom. The van der Waals surface area contributed by atoms with Crippen LogP contribution in [0.15, 0.2) is 91.5 Å². The number of amides is 1. The number of rotatable bonds is 12. The summed E-state index contributed by atoms with van der Waals surface area (Å²) in [6.07, 6.45) is 7.78. The number of esters is 1. The van der Waals surface area contributed by atoms with Gasteiger partial charge in [-0.2, -0.15) is 11.8 Å². The van der Waals surface area contributed by atoms with E-state index in [1.165, 1.54) is 19.2 Å². The lowest BCUT2D eigenvalue weighted by molar-refractivity contribution is -0.142. The Kier molecular flexibility index (Phi) is 9.74. The van der Waals surface area contributed by atoms with Crippen LogP contribution in [0.2, 0.25) is 0 Å². The number of nitrogens with one attached hydrogen (secondary N) is 1. The maximum absolute atomic E-state index is 13.7. The first-order valence-electron chi connectivity index (χ1n) is 12.6. The van der Waals surface area contributed by atoms with Crippen LogP contribution >= 0.6 is 11.8 Å². The topological polar surface area (TPSA) is 76.5 Å². The third kappa shape index (κ3) is 7.26. The Bertz CT molecular complexity index is 1360. The van der Waals surface area contributed by atoms with Crippen LogP contribution in [0.3, 0.4) is 0 Å². The molecule has 39 heavy (non-hydrogen) atoms. The van der Waals surface area contributed by atoms with Crippen molar-refractivity contribution in [2.75, 3.05) is 30.6 Å². The van der Waals surface area contributed by atoms with Gasteiger partial charge in [0.2, 0.25) is 0 Å². The van der Waals surface area contributed by atoms with Crippen molar-refractivity contribution in [2.45, 2.75) is 19.0 Å². The molecule has 202 valence electrons. The average Bonchev–Trinajstić information content (AvgIpc) is 3.50. The highest BCUT2D eigenvalue weighted by atomic mass is 32.2. The molecule has 1 unspecified atom stereocenters. The molecule has 4 rings (SSSR count). The molecule has 1 aromatic heterocycles. The van der Waals surface area contributed by atoms with Gasteiger partial charge in [-0.25, -0.2) is 14.2 Å². The first-order valence-corrected chi connectivity index (χ1v) is 14.0. The number of carbonyl (C=O) groups is 2. The number of ether oxygens (including phenoxy) is 1. The van der Waals surface area contributed by atoms with Crippen LogP contribution < -0.4 is 10.2 Å². The summed E-state index contributed by atoms with van der Waals surface area (Å²) < 4.78 is 20.6. The third-order valence-corrected chi connectivity index (χ3v) is 6.97. The first-order chi connectivity index (χ1) is 19.0. The molecule has 0 fully saturated rings. The highest BCUT2D eigenvalue weighted by Crippen LogP contribution is 2.32. The minimum absolute atomic E-state index is 0.313. The van der Waals surface area contributed by atoms with Gasteiger partial charge in [0.1, 0.15) is 11.9 Å². The SMILES string of the molecule is COC(=O)C(CCSC)NC(=O)c1ccc(N(CCn2ccnc2)c2ccc(F)cc2)cc1-c1ccccc1. The van der Waals surface area contributed by atoms with E-state index in [4.69, 9.17) is 4.74 Å². The van der Waals surface area contributed by atoms with Crippen LogP contribution in [0.4, 0.5) is 15.8 Å². The van der Waals surface area contributed by atoms with Gasteiger partial charge in [0.05, 0.1) is 13.4 Å². The van der Waals surface area contributed by atoms with Crippen LogP contribution in [0.25, 0.3) is 11.1 Å². The van der Waals surface area contributed by atoms with Crippen LogP contribution in [0, 0.1) is 5.82 Å².